The molecule has 1 unspecified atom stereocenters. The number of nitrogens with one attached hydrogen (secondary N) is 1. The number of carbonyl (C=O) groups excluding carboxylic acids is 1. The van der Waals surface area contributed by atoms with Crippen molar-refractivity contribution in [3.63, 3.8) is 0 Å². The van der Waals surface area contributed by atoms with Gasteiger partial charge in [0.2, 0.25) is 0 Å². The summed E-state index contributed by atoms with van der Waals surface area (Å²) in [7, 11) is 0. The van der Waals surface area contributed by atoms with E-state index < -0.39 is 0 Å². The van der Waals surface area contributed by atoms with Crippen molar-refractivity contribution < 1.29 is 4.79 Å². The summed E-state index contributed by atoms with van der Waals surface area (Å²) in [5.41, 5.74) is 1.22. The van der Waals surface area contributed by atoms with E-state index in [9.17, 15) is 4.79 Å². The zero-order chi connectivity index (χ0) is 12.8. The van der Waals surface area contributed by atoms with Gasteiger partial charge in [0.05, 0.1) is 0 Å². The Kier molecular flexibility index (Phi) is 4.25. The topological polar surface area (TPSA) is 32.3 Å². The molecule has 0 spiro atoms. The Morgan fingerprint density at radius 3 is 2.89 bits per heavy atom. The number of hydrogen-bond donors (Lipinski definition) is 1. The van der Waals surface area contributed by atoms with Crippen molar-refractivity contribution in [2.75, 3.05) is 18.0 Å². The fourth-order valence-electron chi connectivity index (χ4n) is 2.30. The maximum Gasteiger partial charge on any atom is 0.296 e. The molecular formula is C15H18N2O. The molecule has 3 nitrogen and oxygen atoms in total. The molecule has 1 N–H and O–H groups in total. The van der Waals surface area contributed by atoms with Crippen molar-refractivity contribution >= 4 is 11.6 Å². The van der Waals surface area contributed by atoms with Gasteiger partial charge in [0.15, 0.2) is 0 Å². The third kappa shape index (κ3) is 3.27. The maximum absolute atomic E-state index is 11.5. The first-order chi connectivity index (χ1) is 8.79. The lowest BCUT2D eigenvalue weighted by Gasteiger charge is -2.34. The van der Waals surface area contributed by atoms with Crippen molar-refractivity contribution in [1.29, 1.82) is 0 Å². The summed E-state index contributed by atoms with van der Waals surface area (Å²) in [5, 5.41) is 2.97. The van der Waals surface area contributed by atoms with Crippen molar-refractivity contribution in [2.45, 2.75) is 25.8 Å². The molecule has 0 bridgehead atoms. The molecule has 1 saturated heterocycles. The van der Waals surface area contributed by atoms with Crippen LogP contribution in [0.4, 0.5) is 5.69 Å². The molecule has 18 heavy (non-hydrogen) atoms. The van der Waals surface area contributed by atoms with Gasteiger partial charge in [0.25, 0.3) is 5.91 Å². The van der Waals surface area contributed by atoms with E-state index in [1.54, 1.807) is 6.92 Å². The molecule has 0 radical (unpaired) electrons. The first-order valence-electron chi connectivity index (χ1n) is 6.33. The summed E-state index contributed by atoms with van der Waals surface area (Å²) >= 11 is 0. The Bertz CT molecular complexity index is 458. The fraction of sp³-hybridized carbons (Fsp3) is 0.400. The van der Waals surface area contributed by atoms with Gasteiger partial charge in [-0.15, -0.1) is 0 Å². The van der Waals surface area contributed by atoms with Crippen molar-refractivity contribution in [3.8, 4) is 11.8 Å². The largest absolute Gasteiger partial charge is 0.369 e. The molecule has 94 valence electrons. The minimum atomic E-state index is -0.169. The summed E-state index contributed by atoms with van der Waals surface area (Å²) in [6.07, 6.45) is 2.12. The molecule has 0 aromatic heterocycles. The number of hydrogen-bond acceptors (Lipinski definition) is 2. The monoisotopic (exact) mass is 242 g/mol. The predicted molar refractivity (Wildman–Crippen MR) is 73.3 cm³/mol. The van der Waals surface area contributed by atoms with Crippen LogP contribution in [-0.2, 0) is 4.79 Å². The molecule has 1 fully saturated rings. The van der Waals surface area contributed by atoms with Crippen LogP contribution in [0, 0.1) is 11.8 Å². The molecule has 0 aliphatic carbocycles. The summed E-state index contributed by atoms with van der Waals surface area (Å²) in [6, 6.07) is 10.5. The van der Waals surface area contributed by atoms with Crippen LogP contribution in [0.3, 0.4) is 0 Å². The van der Waals surface area contributed by atoms with E-state index in [1.807, 2.05) is 18.2 Å². The first-order valence-corrected chi connectivity index (χ1v) is 6.33. The first kappa shape index (κ1) is 12.5. The van der Waals surface area contributed by atoms with Crippen molar-refractivity contribution in [3.05, 3.63) is 30.3 Å². The van der Waals surface area contributed by atoms with Gasteiger partial charge in [0, 0.05) is 24.8 Å². The lowest BCUT2D eigenvalue weighted by atomic mass is 10.0. The highest BCUT2D eigenvalue weighted by atomic mass is 16.1. The van der Waals surface area contributed by atoms with Gasteiger partial charge in [-0.05, 0) is 37.8 Å². The standard InChI is InChI=1S/C15H18N2O/c1-2-7-15(18)16-13-8-6-11-17(12-13)14-9-4-3-5-10-14/h3-5,9-10,13H,6,8,11-12H2,1H3,(H,16,18). The average molecular weight is 242 g/mol. The van der Waals surface area contributed by atoms with E-state index in [0.717, 1.165) is 25.9 Å². The number of rotatable bonds is 2. The van der Waals surface area contributed by atoms with Crippen LogP contribution >= 0.6 is 0 Å². The number of amides is 1. The number of para-hydroxylation sites is 1. The van der Waals surface area contributed by atoms with E-state index in [4.69, 9.17) is 0 Å². The highest BCUT2D eigenvalue weighted by Gasteiger charge is 2.20. The quantitative estimate of drug-likeness (QED) is 0.802. The third-order valence-electron chi connectivity index (χ3n) is 3.12. The van der Waals surface area contributed by atoms with Gasteiger partial charge >= 0.3 is 0 Å². The molecule has 1 aliphatic rings. The van der Waals surface area contributed by atoms with Gasteiger partial charge in [-0.3, -0.25) is 4.79 Å². The molecule has 0 saturated carbocycles. The normalized spacial score (nSPS) is 18.7. The molecule has 1 aliphatic heterocycles. The minimum Gasteiger partial charge on any atom is -0.369 e. The minimum absolute atomic E-state index is 0.169. The Balaban J connectivity index is 1.96. The Hall–Kier alpha value is -1.95. The number of anilines is 1. The van der Waals surface area contributed by atoms with Gasteiger partial charge < -0.3 is 10.2 Å². The summed E-state index contributed by atoms with van der Waals surface area (Å²) in [5.74, 6) is 4.98. The summed E-state index contributed by atoms with van der Waals surface area (Å²) in [4.78, 5) is 13.8. The molecule has 3 heteroatoms. The SMILES string of the molecule is CC#CC(=O)NC1CCCN(c2ccccc2)C1. The molecule has 1 aromatic rings. The fourth-order valence-corrected chi connectivity index (χ4v) is 2.30. The molecule has 2 rings (SSSR count). The zero-order valence-electron chi connectivity index (χ0n) is 10.6. The summed E-state index contributed by atoms with van der Waals surface area (Å²) in [6.45, 7) is 3.59. The second kappa shape index (κ2) is 6.11. The highest BCUT2D eigenvalue weighted by Crippen LogP contribution is 2.19. The van der Waals surface area contributed by atoms with E-state index in [2.05, 4.69) is 34.2 Å². The van der Waals surface area contributed by atoms with Gasteiger partial charge in [-0.2, -0.15) is 0 Å². The van der Waals surface area contributed by atoms with Crippen molar-refractivity contribution in [1.82, 2.24) is 5.32 Å². The molecule has 1 aromatic carbocycles. The Morgan fingerprint density at radius 1 is 1.39 bits per heavy atom. The van der Waals surface area contributed by atoms with Gasteiger partial charge in [-0.25, -0.2) is 0 Å². The Labute approximate surface area is 108 Å². The molecule has 1 heterocycles. The zero-order valence-corrected chi connectivity index (χ0v) is 10.6. The highest BCUT2D eigenvalue weighted by molar-refractivity contribution is 5.93. The van der Waals surface area contributed by atoms with Crippen molar-refractivity contribution in [2.24, 2.45) is 0 Å². The lowest BCUT2D eigenvalue weighted by Crippen LogP contribution is -2.47. The van der Waals surface area contributed by atoms with Gasteiger partial charge in [0.1, 0.15) is 0 Å². The van der Waals surface area contributed by atoms with Crippen LogP contribution in [-0.4, -0.2) is 25.0 Å². The second-order valence-electron chi connectivity index (χ2n) is 4.47. The smallest absolute Gasteiger partial charge is 0.296 e. The van der Waals surface area contributed by atoms with Crippen LogP contribution in [0.1, 0.15) is 19.8 Å². The van der Waals surface area contributed by atoms with Crippen LogP contribution in [0.15, 0.2) is 30.3 Å². The second-order valence-corrected chi connectivity index (χ2v) is 4.47. The van der Waals surface area contributed by atoms with Crippen LogP contribution in [0.5, 0.6) is 0 Å². The van der Waals surface area contributed by atoms with E-state index in [0.29, 0.717) is 0 Å². The molecular weight excluding hydrogens is 224 g/mol. The van der Waals surface area contributed by atoms with E-state index in [-0.39, 0.29) is 11.9 Å². The van der Waals surface area contributed by atoms with E-state index >= 15 is 0 Å². The number of nitrogens with zero attached hydrogens (tertiary/aromatic N) is 1. The maximum atomic E-state index is 11.5. The third-order valence-corrected chi connectivity index (χ3v) is 3.12. The van der Waals surface area contributed by atoms with Crippen LogP contribution < -0.4 is 10.2 Å². The van der Waals surface area contributed by atoms with E-state index in [1.165, 1.54) is 5.69 Å². The summed E-state index contributed by atoms with van der Waals surface area (Å²) < 4.78 is 0. The predicted octanol–water partition coefficient (Wildman–Crippen LogP) is 1.79. The molecule has 1 amide bonds. The van der Waals surface area contributed by atoms with Crippen LogP contribution in [0.2, 0.25) is 0 Å². The molecule has 1 atom stereocenters. The van der Waals surface area contributed by atoms with Gasteiger partial charge in [-0.1, -0.05) is 24.1 Å². The lowest BCUT2D eigenvalue weighted by molar-refractivity contribution is -0.116. The van der Waals surface area contributed by atoms with Crippen LogP contribution in [0.25, 0.3) is 0 Å². The number of piperidine rings is 1. The number of benzene rings is 1. The average Bonchev–Trinajstić information content (AvgIpc) is 2.40. The Morgan fingerprint density at radius 2 is 2.17 bits per heavy atom. The number of carbonyl (C=O) groups is 1.